The second-order valence-electron chi connectivity index (χ2n) is 5.96. The minimum absolute atomic E-state index is 0.0510. The van der Waals surface area contributed by atoms with Crippen molar-refractivity contribution in [3.05, 3.63) is 24.3 Å². The number of carbonyl (C=O) groups excluding carboxylic acids is 1. The van der Waals surface area contributed by atoms with E-state index in [2.05, 4.69) is 5.32 Å². The zero-order valence-electron chi connectivity index (χ0n) is 13.8. The van der Waals surface area contributed by atoms with Gasteiger partial charge in [0, 0.05) is 18.3 Å². The molecule has 1 aromatic carbocycles. The molecular weight excluding hydrogens is 316 g/mol. The lowest BCUT2D eigenvalue weighted by molar-refractivity contribution is 0.197. The molecule has 7 heteroatoms. The summed E-state index contributed by atoms with van der Waals surface area (Å²) in [6.07, 6.45) is 0.598. The molecule has 1 heterocycles. The van der Waals surface area contributed by atoms with E-state index in [0.717, 1.165) is 5.75 Å². The van der Waals surface area contributed by atoms with Gasteiger partial charge in [0.05, 0.1) is 17.6 Å². The van der Waals surface area contributed by atoms with Gasteiger partial charge in [-0.15, -0.1) is 0 Å². The first-order valence-electron chi connectivity index (χ1n) is 7.85. The third kappa shape index (κ3) is 4.86. The Labute approximate surface area is 137 Å². The first-order valence-corrected chi connectivity index (χ1v) is 9.67. The lowest BCUT2D eigenvalue weighted by atomic mass is 10.2. The normalized spacial score (nSPS) is 19.6. The smallest absolute Gasteiger partial charge is 0.322 e. The Morgan fingerprint density at radius 2 is 2.00 bits per heavy atom. The Bertz CT molecular complexity index is 641. The van der Waals surface area contributed by atoms with Crippen molar-refractivity contribution >= 4 is 21.6 Å². The Kier molecular flexibility index (Phi) is 5.51. The zero-order chi connectivity index (χ0) is 17.0. The highest BCUT2D eigenvalue weighted by Crippen LogP contribution is 2.20. The van der Waals surface area contributed by atoms with E-state index >= 15 is 0 Å². The van der Waals surface area contributed by atoms with Crippen molar-refractivity contribution in [3.63, 3.8) is 0 Å². The van der Waals surface area contributed by atoms with Gasteiger partial charge in [-0.25, -0.2) is 13.2 Å². The number of hydrogen-bond donors (Lipinski definition) is 1. The van der Waals surface area contributed by atoms with E-state index in [-0.39, 0.29) is 29.7 Å². The highest BCUT2D eigenvalue weighted by atomic mass is 32.2. The predicted octanol–water partition coefficient (Wildman–Crippen LogP) is 2.51. The van der Waals surface area contributed by atoms with Crippen LogP contribution in [0, 0.1) is 0 Å². The van der Waals surface area contributed by atoms with Gasteiger partial charge in [-0.1, -0.05) is 0 Å². The average Bonchev–Trinajstić information content (AvgIpc) is 2.81. The number of nitrogens with one attached hydrogen (secondary N) is 1. The van der Waals surface area contributed by atoms with Crippen LogP contribution in [-0.4, -0.2) is 49.5 Å². The van der Waals surface area contributed by atoms with E-state index in [1.807, 2.05) is 20.8 Å². The summed E-state index contributed by atoms with van der Waals surface area (Å²) in [6, 6.07) is 6.63. The van der Waals surface area contributed by atoms with Crippen LogP contribution in [0.25, 0.3) is 0 Å². The van der Waals surface area contributed by atoms with Crippen LogP contribution < -0.4 is 10.1 Å². The molecular formula is C16H24N2O4S. The molecule has 0 bridgehead atoms. The minimum Gasteiger partial charge on any atom is -0.491 e. The van der Waals surface area contributed by atoms with Crippen molar-refractivity contribution in [1.29, 1.82) is 0 Å². The molecule has 0 spiro atoms. The first kappa shape index (κ1) is 17.6. The van der Waals surface area contributed by atoms with Crippen LogP contribution in [-0.2, 0) is 9.84 Å². The molecule has 1 saturated heterocycles. The fourth-order valence-corrected chi connectivity index (χ4v) is 4.40. The largest absolute Gasteiger partial charge is 0.491 e. The van der Waals surface area contributed by atoms with E-state index < -0.39 is 9.84 Å². The summed E-state index contributed by atoms with van der Waals surface area (Å²) >= 11 is 0. The molecule has 0 radical (unpaired) electrons. The monoisotopic (exact) mass is 340 g/mol. The second kappa shape index (κ2) is 7.21. The van der Waals surface area contributed by atoms with Crippen LogP contribution in [0.1, 0.15) is 27.2 Å². The number of urea groups is 1. The topological polar surface area (TPSA) is 75.7 Å². The Balaban J connectivity index is 1.99. The zero-order valence-corrected chi connectivity index (χ0v) is 14.6. The van der Waals surface area contributed by atoms with Crippen molar-refractivity contribution in [1.82, 2.24) is 4.90 Å². The Morgan fingerprint density at radius 1 is 1.35 bits per heavy atom. The molecule has 1 aromatic rings. The quantitative estimate of drug-likeness (QED) is 0.893. The van der Waals surface area contributed by atoms with Gasteiger partial charge in [-0.05, 0) is 51.5 Å². The maximum Gasteiger partial charge on any atom is 0.322 e. The van der Waals surface area contributed by atoms with Crippen molar-refractivity contribution in [2.75, 3.05) is 23.4 Å². The lowest BCUT2D eigenvalue weighted by Gasteiger charge is -2.27. The molecule has 2 amide bonds. The van der Waals surface area contributed by atoms with Gasteiger partial charge in [-0.3, -0.25) is 0 Å². The maximum absolute atomic E-state index is 12.4. The van der Waals surface area contributed by atoms with Crippen LogP contribution in [0.3, 0.4) is 0 Å². The molecule has 23 heavy (non-hydrogen) atoms. The molecule has 0 saturated carbocycles. The molecule has 6 nitrogen and oxygen atoms in total. The number of hydrogen-bond acceptors (Lipinski definition) is 4. The average molecular weight is 340 g/mol. The summed E-state index contributed by atoms with van der Waals surface area (Å²) in [4.78, 5) is 14.0. The van der Waals surface area contributed by atoms with Crippen LogP contribution in [0.15, 0.2) is 24.3 Å². The van der Waals surface area contributed by atoms with Gasteiger partial charge in [0.1, 0.15) is 5.75 Å². The fraction of sp³-hybridized carbons (Fsp3) is 0.562. The molecule has 1 aliphatic heterocycles. The molecule has 1 fully saturated rings. The fourth-order valence-electron chi connectivity index (χ4n) is 2.67. The number of amides is 2. The third-order valence-electron chi connectivity index (χ3n) is 3.73. The maximum atomic E-state index is 12.4. The van der Waals surface area contributed by atoms with Gasteiger partial charge >= 0.3 is 6.03 Å². The van der Waals surface area contributed by atoms with Crippen molar-refractivity contribution in [2.45, 2.75) is 39.3 Å². The van der Waals surface area contributed by atoms with Crippen LogP contribution >= 0.6 is 0 Å². The predicted molar refractivity (Wildman–Crippen MR) is 90.7 cm³/mol. The third-order valence-corrected chi connectivity index (χ3v) is 5.48. The Hall–Kier alpha value is -1.76. The van der Waals surface area contributed by atoms with Crippen molar-refractivity contribution < 1.29 is 17.9 Å². The van der Waals surface area contributed by atoms with Crippen LogP contribution in [0.2, 0.25) is 0 Å². The van der Waals surface area contributed by atoms with E-state index in [1.54, 1.807) is 29.2 Å². The van der Waals surface area contributed by atoms with Crippen molar-refractivity contribution in [2.24, 2.45) is 0 Å². The highest BCUT2D eigenvalue weighted by molar-refractivity contribution is 7.91. The number of sulfone groups is 1. The second-order valence-corrected chi connectivity index (χ2v) is 8.19. The summed E-state index contributed by atoms with van der Waals surface area (Å²) in [5.74, 6) is 0.949. The molecule has 128 valence electrons. The number of benzene rings is 1. The molecule has 1 aliphatic rings. The molecule has 0 aliphatic carbocycles. The number of ether oxygens (including phenoxy) is 1. The SMILES string of the molecule is CCN(C(=O)Nc1ccc(OC(C)C)cc1)C1CCS(=O)(=O)C1. The molecule has 1 N–H and O–H groups in total. The lowest BCUT2D eigenvalue weighted by Crippen LogP contribution is -2.43. The molecule has 1 unspecified atom stereocenters. The van der Waals surface area contributed by atoms with Gasteiger partial charge in [0.2, 0.25) is 0 Å². The van der Waals surface area contributed by atoms with E-state index in [0.29, 0.717) is 18.7 Å². The number of rotatable bonds is 5. The standard InChI is InChI=1S/C16H24N2O4S/c1-4-18(14-9-10-23(20,21)11-14)16(19)17-13-5-7-15(8-6-13)22-12(2)3/h5-8,12,14H,4,9-11H2,1-3H3,(H,17,19). The van der Waals surface area contributed by atoms with Crippen molar-refractivity contribution in [3.8, 4) is 5.75 Å². The highest BCUT2D eigenvalue weighted by Gasteiger charge is 2.33. The Morgan fingerprint density at radius 3 is 2.48 bits per heavy atom. The van der Waals surface area contributed by atoms with Crippen LogP contribution in [0.5, 0.6) is 5.75 Å². The molecule has 0 aromatic heterocycles. The number of nitrogens with zero attached hydrogens (tertiary/aromatic N) is 1. The summed E-state index contributed by atoms with van der Waals surface area (Å²) in [6.45, 7) is 6.22. The summed E-state index contributed by atoms with van der Waals surface area (Å²) in [5, 5.41) is 2.81. The van der Waals surface area contributed by atoms with Gasteiger partial charge in [0.15, 0.2) is 9.84 Å². The molecule has 1 atom stereocenters. The van der Waals surface area contributed by atoms with Gasteiger partial charge < -0.3 is 15.0 Å². The van der Waals surface area contributed by atoms with Gasteiger partial charge in [-0.2, -0.15) is 0 Å². The summed E-state index contributed by atoms with van der Waals surface area (Å²) < 4.78 is 28.7. The number of carbonyl (C=O) groups is 1. The van der Waals surface area contributed by atoms with Crippen LogP contribution in [0.4, 0.5) is 10.5 Å². The minimum atomic E-state index is -3.01. The van der Waals surface area contributed by atoms with E-state index in [1.165, 1.54) is 0 Å². The van der Waals surface area contributed by atoms with E-state index in [9.17, 15) is 13.2 Å². The number of anilines is 1. The van der Waals surface area contributed by atoms with E-state index in [4.69, 9.17) is 4.74 Å². The summed E-state index contributed by atoms with van der Waals surface area (Å²) in [5.41, 5.74) is 0.658. The summed E-state index contributed by atoms with van der Waals surface area (Å²) in [7, 11) is -3.01. The van der Waals surface area contributed by atoms with Gasteiger partial charge in [0.25, 0.3) is 0 Å². The first-order chi connectivity index (χ1) is 10.8. The molecule has 2 rings (SSSR count).